The van der Waals surface area contributed by atoms with Crippen LogP contribution in [0, 0.1) is 6.92 Å². The topological polar surface area (TPSA) is 78.5 Å². The fourth-order valence-electron chi connectivity index (χ4n) is 1.30. The van der Waals surface area contributed by atoms with Gasteiger partial charge in [-0.15, -0.1) is 0 Å². The number of aliphatic hydroxyl groups is 1. The van der Waals surface area contributed by atoms with E-state index in [2.05, 4.69) is 10.2 Å². The van der Waals surface area contributed by atoms with Crippen LogP contribution in [-0.4, -0.2) is 45.5 Å². The lowest BCUT2D eigenvalue weighted by Gasteiger charge is -2.12. The van der Waals surface area contributed by atoms with Crippen LogP contribution in [-0.2, 0) is 4.84 Å². The van der Waals surface area contributed by atoms with Crippen molar-refractivity contribution in [1.82, 2.24) is 15.3 Å². The van der Waals surface area contributed by atoms with Crippen LogP contribution in [0.2, 0.25) is 0 Å². The molecule has 1 aliphatic rings. The molecule has 6 heteroatoms. The zero-order valence-electron chi connectivity index (χ0n) is 7.73. The first-order valence-electron chi connectivity index (χ1n) is 4.31. The third-order valence-electron chi connectivity index (χ3n) is 2.07. The number of aryl methyl sites for hydroxylation is 1. The Hall–Kier alpha value is -1.40. The molecular weight excluding hydrogens is 186 g/mol. The molecule has 6 nitrogen and oxygen atoms in total. The molecule has 76 valence electrons. The maximum absolute atomic E-state index is 11.7. The molecule has 1 fully saturated rings. The average Bonchev–Trinajstić information content (AvgIpc) is 2.73. The highest BCUT2D eigenvalue weighted by Crippen LogP contribution is 2.12. The van der Waals surface area contributed by atoms with Gasteiger partial charge in [-0.3, -0.25) is 14.7 Å². The van der Waals surface area contributed by atoms with Crippen LogP contribution in [0.3, 0.4) is 0 Å². The first kappa shape index (κ1) is 9.17. The van der Waals surface area contributed by atoms with Crippen LogP contribution in [0.5, 0.6) is 0 Å². The van der Waals surface area contributed by atoms with E-state index in [0.29, 0.717) is 5.69 Å². The quantitative estimate of drug-likeness (QED) is 0.634. The monoisotopic (exact) mass is 197 g/mol. The van der Waals surface area contributed by atoms with Gasteiger partial charge >= 0.3 is 0 Å². The lowest BCUT2D eigenvalue weighted by atomic mass is 10.2. The number of aromatic nitrogens is 2. The second-order valence-electron chi connectivity index (χ2n) is 3.24. The molecule has 1 aromatic rings. The molecule has 1 atom stereocenters. The Bertz CT molecular complexity index is 349. The maximum Gasteiger partial charge on any atom is 0.295 e. The summed E-state index contributed by atoms with van der Waals surface area (Å²) in [5, 5.41) is 16.7. The Morgan fingerprint density at radius 1 is 1.86 bits per heavy atom. The van der Waals surface area contributed by atoms with E-state index in [1.54, 1.807) is 13.1 Å². The molecule has 0 spiro atoms. The van der Waals surface area contributed by atoms with Crippen LogP contribution in [0.25, 0.3) is 0 Å². The minimum Gasteiger partial charge on any atom is -0.389 e. The summed E-state index contributed by atoms with van der Waals surface area (Å²) in [5.41, 5.74) is 1.17. The van der Waals surface area contributed by atoms with Crippen molar-refractivity contribution < 1.29 is 14.7 Å². The molecule has 1 saturated heterocycles. The Morgan fingerprint density at radius 2 is 2.64 bits per heavy atom. The number of carbonyl (C=O) groups excluding carboxylic acids is 1. The summed E-state index contributed by atoms with van der Waals surface area (Å²) < 4.78 is 0. The van der Waals surface area contributed by atoms with Gasteiger partial charge in [0.2, 0.25) is 0 Å². The van der Waals surface area contributed by atoms with Gasteiger partial charge in [-0.2, -0.15) is 5.10 Å². The summed E-state index contributed by atoms with van der Waals surface area (Å²) in [4.78, 5) is 16.7. The predicted molar refractivity (Wildman–Crippen MR) is 46.3 cm³/mol. The highest BCUT2D eigenvalue weighted by atomic mass is 16.7. The summed E-state index contributed by atoms with van der Waals surface area (Å²) in [6.45, 7) is 2.15. The summed E-state index contributed by atoms with van der Waals surface area (Å²) in [7, 11) is 0. The van der Waals surface area contributed by atoms with Gasteiger partial charge in [-0.1, -0.05) is 0 Å². The van der Waals surface area contributed by atoms with E-state index in [4.69, 9.17) is 4.84 Å². The molecule has 2 N–H and O–H groups in total. The maximum atomic E-state index is 11.7. The number of amides is 1. The van der Waals surface area contributed by atoms with E-state index >= 15 is 0 Å². The molecule has 0 saturated carbocycles. The Balaban J connectivity index is 2.13. The second kappa shape index (κ2) is 3.39. The lowest BCUT2D eigenvalue weighted by molar-refractivity contribution is -0.0783. The number of rotatable bonds is 1. The van der Waals surface area contributed by atoms with Gasteiger partial charge in [-0.25, -0.2) is 5.06 Å². The van der Waals surface area contributed by atoms with Crippen LogP contribution < -0.4 is 0 Å². The molecule has 0 aromatic carbocycles. The largest absolute Gasteiger partial charge is 0.389 e. The van der Waals surface area contributed by atoms with Crippen LogP contribution in [0.1, 0.15) is 16.1 Å². The summed E-state index contributed by atoms with van der Waals surface area (Å²) in [5.74, 6) is -0.295. The molecular formula is C8H11N3O3. The summed E-state index contributed by atoms with van der Waals surface area (Å²) in [6, 6.07) is 0. The Labute approximate surface area is 80.4 Å². The standard InChI is InChI=1S/C8H11N3O3/c1-5-2-9-10-7(5)8(13)11-3-6(12)4-14-11/h2,6,12H,3-4H2,1H3,(H,9,10). The van der Waals surface area contributed by atoms with Gasteiger partial charge in [0.1, 0.15) is 18.4 Å². The van der Waals surface area contributed by atoms with Gasteiger partial charge in [0.05, 0.1) is 12.7 Å². The van der Waals surface area contributed by atoms with Crippen molar-refractivity contribution in [3.05, 3.63) is 17.5 Å². The number of hydrogen-bond acceptors (Lipinski definition) is 4. The number of hydrogen-bond donors (Lipinski definition) is 2. The van der Waals surface area contributed by atoms with E-state index in [1.807, 2.05) is 0 Å². The second-order valence-corrected chi connectivity index (χ2v) is 3.24. The van der Waals surface area contributed by atoms with Crippen molar-refractivity contribution in [2.24, 2.45) is 0 Å². The number of carbonyl (C=O) groups is 1. The van der Waals surface area contributed by atoms with E-state index in [1.165, 1.54) is 0 Å². The normalized spacial score (nSPS) is 21.6. The van der Waals surface area contributed by atoms with E-state index in [-0.39, 0.29) is 19.1 Å². The molecule has 1 aliphatic heterocycles. The predicted octanol–water partition coefficient (Wildman–Crippen LogP) is -0.534. The number of H-pyrrole nitrogens is 1. The van der Waals surface area contributed by atoms with Crippen molar-refractivity contribution in [2.75, 3.05) is 13.2 Å². The SMILES string of the molecule is Cc1cn[nH]c1C(=O)N1CC(O)CO1. The van der Waals surface area contributed by atoms with Crippen molar-refractivity contribution >= 4 is 5.91 Å². The molecule has 1 amide bonds. The molecule has 2 rings (SSSR count). The van der Waals surface area contributed by atoms with E-state index < -0.39 is 6.10 Å². The van der Waals surface area contributed by atoms with Crippen LogP contribution in [0.4, 0.5) is 0 Å². The minimum atomic E-state index is -0.595. The van der Waals surface area contributed by atoms with E-state index in [9.17, 15) is 9.90 Å². The third-order valence-corrected chi connectivity index (χ3v) is 2.07. The first-order chi connectivity index (χ1) is 6.68. The van der Waals surface area contributed by atoms with Gasteiger partial charge in [-0.05, 0) is 12.5 Å². The van der Waals surface area contributed by atoms with Gasteiger partial charge in [0, 0.05) is 0 Å². The molecule has 2 heterocycles. The van der Waals surface area contributed by atoms with Crippen molar-refractivity contribution in [3.63, 3.8) is 0 Å². The number of nitrogens with one attached hydrogen (secondary N) is 1. The highest BCUT2D eigenvalue weighted by molar-refractivity contribution is 5.92. The van der Waals surface area contributed by atoms with Gasteiger partial charge in [0.25, 0.3) is 5.91 Å². The third kappa shape index (κ3) is 1.49. The molecule has 0 aliphatic carbocycles. The Kier molecular flexibility index (Phi) is 2.22. The van der Waals surface area contributed by atoms with Crippen molar-refractivity contribution in [1.29, 1.82) is 0 Å². The Morgan fingerprint density at radius 3 is 3.14 bits per heavy atom. The van der Waals surface area contributed by atoms with Gasteiger partial charge in [0.15, 0.2) is 0 Å². The summed E-state index contributed by atoms with van der Waals surface area (Å²) >= 11 is 0. The zero-order chi connectivity index (χ0) is 10.1. The summed E-state index contributed by atoms with van der Waals surface area (Å²) in [6.07, 6.45) is 0.974. The number of β-amino-alcohol motifs (C(OH)–C–C–N with tert-alkyl or cyclic N) is 1. The lowest BCUT2D eigenvalue weighted by Crippen LogP contribution is -2.29. The molecule has 14 heavy (non-hydrogen) atoms. The molecule has 0 bridgehead atoms. The number of aromatic amines is 1. The van der Waals surface area contributed by atoms with Gasteiger partial charge < -0.3 is 5.11 Å². The number of hydroxylamine groups is 2. The zero-order valence-corrected chi connectivity index (χ0v) is 7.73. The van der Waals surface area contributed by atoms with Crippen LogP contribution in [0.15, 0.2) is 6.20 Å². The smallest absolute Gasteiger partial charge is 0.295 e. The minimum absolute atomic E-state index is 0.166. The van der Waals surface area contributed by atoms with Crippen molar-refractivity contribution in [2.45, 2.75) is 13.0 Å². The highest BCUT2D eigenvalue weighted by Gasteiger charge is 2.28. The van der Waals surface area contributed by atoms with E-state index in [0.717, 1.165) is 10.6 Å². The average molecular weight is 197 g/mol. The molecule has 1 aromatic heterocycles. The first-order valence-corrected chi connectivity index (χ1v) is 4.31. The number of nitrogens with zero attached hydrogens (tertiary/aromatic N) is 2. The fraction of sp³-hybridized carbons (Fsp3) is 0.500. The number of aliphatic hydroxyl groups excluding tert-OH is 1. The van der Waals surface area contributed by atoms with Crippen LogP contribution >= 0.6 is 0 Å². The molecule has 0 radical (unpaired) electrons. The fourth-order valence-corrected chi connectivity index (χ4v) is 1.30. The van der Waals surface area contributed by atoms with Crippen molar-refractivity contribution in [3.8, 4) is 0 Å². The molecule has 1 unspecified atom stereocenters.